The van der Waals surface area contributed by atoms with Crippen molar-refractivity contribution in [3.63, 3.8) is 0 Å². The van der Waals surface area contributed by atoms with Crippen LogP contribution in [0.5, 0.6) is 11.5 Å². The monoisotopic (exact) mass is 262 g/mol. The minimum atomic E-state index is -0.823. The second-order valence-electron chi connectivity index (χ2n) is 4.08. The molecular weight excluding hydrogens is 244 g/mol. The van der Waals surface area contributed by atoms with Gasteiger partial charge in [0.2, 0.25) is 0 Å². The molecule has 1 atom stereocenters. The van der Waals surface area contributed by atoms with E-state index in [0.717, 1.165) is 6.54 Å². The summed E-state index contributed by atoms with van der Waals surface area (Å²) in [5, 5.41) is 10.5. The molecule has 0 unspecified atom stereocenters. The van der Waals surface area contributed by atoms with Gasteiger partial charge >= 0.3 is 0 Å². The maximum atomic E-state index is 10.5. The van der Waals surface area contributed by atoms with Crippen molar-refractivity contribution in [3.05, 3.63) is 42.0 Å². The first-order valence-electron chi connectivity index (χ1n) is 6.12. The highest BCUT2D eigenvalue weighted by Crippen LogP contribution is 2.32. The number of aromatic nitrogens is 2. The Morgan fingerprint density at radius 3 is 2.74 bits per heavy atom. The number of imidazole rings is 1. The number of hydrogen-bond donors (Lipinski definition) is 1. The maximum absolute atomic E-state index is 10.5. The molecule has 1 aromatic heterocycles. The Labute approximate surface area is 112 Å². The lowest BCUT2D eigenvalue weighted by Crippen LogP contribution is -2.10. The van der Waals surface area contributed by atoms with Crippen molar-refractivity contribution < 1.29 is 14.6 Å². The summed E-state index contributed by atoms with van der Waals surface area (Å²) in [5.74, 6) is 1.87. The zero-order valence-electron chi connectivity index (χ0n) is 11.3. The molecule has 102 valence electrons. The van der Waals surface area contributed by atoms with Gasteiger partial charge in [0.15, 0.2) is 0 Å². The van der Waals surface area contributed by atoms with Gasteiger partial charge in [-0.3, -0.25) is 0 Å². The van der Waals surface area contributed by atoms with E-state index in [1.165, 1.54) is 0 Å². The topological polar surface area (TPSA) is 56.5 Å². The lowest BCUT2D eigenvalue weighted by Gasteiger charge is -2.16. The van der Waals surface area contributed by atoms with Gasteiger partial charge in [-0.15, -0.1) is 0 Å². The summed E-state index contributed by atoms with van der Waals surface area (Å²) in [4.78, 5) is 4.21. The molecule has 1 N–H and O–H groups in total. The fourth-order valence-corrected chi connectivity index (χ4v) is 2.02. The van der Waals surface area contributed by atoms with Gasteiger partial charge in [0.1, 0.15) is 23.4 Å². The van der Waals surface area contributed by atoms with Gasteiger partial charge in [0, 0.05) is 30.6 Å². The molecule has 0 aliphatic carbocycles. The second-order valence-corrected chi connectivity index (χ2v) is 4.08. The number of hydrogen-bond acceptors (Lipinski definition) is 4. The first-order chi connectivity index (χ1) is 9.21. The maximum Gasteiger partial charge on any atom is 0.142 e. The molecule has 2 aromatic rings. The highest BCUT2D eigenvalue weighted by Gasteiger charge is 2.20. The molecule has 0 spiro atoms. The predicted octanol–water partition coefficient (Wildman–Crippen LogP) is 2.00. The van der Waals surface area contributed by atoms with Gasteiger partial charge in [-0.2, -0.15) is 0 Å². The number of aryl methyl sites for hydroxylation is 1. The normalized spacial score (nSPS) is 12.2. The fraction of sp³-hybridized carbons (Fsp3) is 0.357. The molecule has 0 aliphatic heterocycles. The molecule has 19 heavy (non-hydrogen) atoms. The molecule has 0 amide bonds. The van der Waals surface area contributed by atoms with E-state index in [1.54, 1.807) is 38.6 Å². The fourth-order valence-electron chi connectivity index (χ4n) is 2.02. The van der Waals surface area contributed by atoms with Crippen LogP contribution in [0, 0.1) is 0 Å². The van der Waals surface area contributed by atoms with E-state index in [9.17, 15) is 5.11 Å². The number of aliphatic hydroxyl groups is 1. The highest BCUT2D eigenvalue weighted by atomic mass is 16.5. The van der Waals surface area contributed by atoms with Gasteiger partial charge < -0.3 is 19.1 Å². The molecule has 0 saturated carbocycles. The van der Waals surface area contributed by atoms with Gasteiger partial charge in [-0.25, -0.2) is 4.98 Å². The van der Waals surface area contributed by atoms with Crippen LogP contribution in [0.4, 0.5) is 0 Å². The summed E-state index contributed by atoms with van der Waals surface area (Å²) in [6, 6.07) is 5.33. The van der Waals surface area contributed by atoms with Crippen LogP contribution in [-0.4, -0.2) is 28.9 Å². The molecule has 1 aromatic carbocycles. The Morgan fingerprint density at radius 2 is 2.11 bits per heavy atom. The minimum Gasteiger partial charge on any atom is -0.497 e. The van der Waals surface area contributed by atoms with E-state index in [1.807, 2.05) is 17.7 Å². The number of methoxy groups -OCH3 is 2. The molecular formula is C14H18N2O3. The molecule has 5 heteroatoms. The highest BCUT2D eigenvalue weighted by molar-refractivity contribution is 5.43. The van der Waals surface area contributed by atoms with Crippen molar-refractivity contribution in [1.29, 1.82) is 0 Å². The minimum absolute atomic E-state index is 0.581. The molecule has 0 saturated heterocycles. The van der Waals surface area contributed by atoms with Crippen molar-refractivity contribution >= 4 is 0 Å². The zero-order valence-corrected chi connectivity index (χ0v) is 11.3. The number of aliphatic hydroxyl groups excluding tert-OH is 1. The third kappa shape index (κ3) is 2.56. The van der Waals surface area contributed by atoms with Gasteiger partial charge in [0.25, 0.3) is 0 Å². The molecule has 0 radical (unpaired) electrons. The van der Waals surface area contributed by atoms with Crippen LogP contribution < -0.4 is 9.47 Å². The number of ether oxygens (including phenoxy) is 2. The van der Waals surface area contributed by atoms with Crippen LogP contribution in [0.15, 0.2) is 30.6 Å². The van der Waals surface area contributed by atoms with E-state index < -0.39 is 6.10 Å². The average molecular weight is 262 g/mol. The first kappa shape index (κ1) is 13.4. The van der Waals surface area contributed by atoms with Crippen LogP contribution in [0.25, 0.3) is 0 Å². The van der Waals surface area contributed by atoms with Crippen LogP contribution in [-0.2, 0) is 6.54 Å². The Hall–Kier alpha value is -2.01. The van der Waals surface area contributed by atoms with Crippen molar-refractivity contribution in [2.45, 2.75) is 19.6 Å². The standard InChI is InChI=1S/C14H18N2O3/c1-4-16-8-7-15-14(16)13(17)11-6-5-10(18-2)9-12(11)19-3/h5-9,13,17H,4H2,1-3H3/t13-/m0/s1. The molecule has 0 aliphatic rings. The molecule has 0 bridgehead atoms. The summed E-state index contributed by atoms with van der Waals surface area (Å²) in [5.41, 5.74) is 0.671. The van der Waals surface area contributed by atoms with Crippen molar-refractivity contribution in [2.24, 2.45) is 0 Å². The summed E-state index contributed by atoms with van der Waals surface area (Å²) < 4.78 is 12.3. The van der Waals surface area contributed by atoms with Gasteiger partial charge in [-0.05, 0) is 19.1 Å². The lowest BCUT2D eigenvalue weighted by molar-refractivity contribution is 0.199. The number of nitrogens with zero attached hydrogens (tertiary/aromatic N) is 2. The zero-order chi connectivity index (χ0) is 13.8. The summed E-state index contributed by atoms with van der Waals surface area (Å²) in [6.45, 7) is 2.76. The lowest BCUT2D eigenvalue weighted by atomic mass is 10.1. The van der Waals surface area contributed by atoms with E-state index in [4.69, 9.17) is 9.47 Å². The van der Waals surface area contributed by atoms with E-state index >= 15 is 0 Å². The first-order valence-corrected chi connectivity index (χ1v) is 6.12. The average Bonchev–Trinajstić information content (AvgIpc) is 2.94. The third-order valence-electron chi connectivity index (χ3n) is 3.07. The second kappa shape index (κ2) is 5.75. The Kier molecular flexibility index (Phi) is 4.06. The van der Waals surface area contributed by atoms with Crippen LogP contribution in [0.2, 0.25) is 0 Å². The van der Waals surface area contributed by atoms with Crippen LogP contribution >= 0.6 is 0 Å². The van der Waals surface area contributed by atoms with Crippen molar-refractivity contribution in [2.75, 3.05) is 14.2 Å². The molecule has 2 rings (SSSR count). The largest absolute Gasteiger partial charge is 0.497 e. The smallest absolute Gasteiger partial charge is 0.142 e. The summed E-state index contributed by atoms with van der Waals surface area (Å²) in [7, 11) is 3.16. The van der Waals surface area contributed by atoms with Gasteiger partial charge in [0.05, 0.1) is 14.2 Å². The quantitative estimate of drug-likeness (QED) is 0.895. The van der Waals surface area contributed by atoms with Crippen molar-refractivity contribution in [3.8, 4) is 11.5 Å². The third-order valence-corrected chi connectivity index (χ3v) is 3.07. The number of rotatable bonds is 5. The number of benzene rings is 1. The van der Waals surface area contributed by atoms with Crippen LogP contribution in [0.3, 0.4) is 0 Å². The van der Waals surface area contributed by atoms with E-state index in [-0.39, 0.29) is 0 Å². The summed E-state index contributed by atoms with van der Waals surface area (Å²) in [6.07, 6.45) is 2.70. The Morgan fingerprint density at radius 1 is 1.32 bits per heavy atom. The van der Waals surface area contributed by atoms with Crippen LogP contribution in [0.1, 0.15) is 24.4 Å². The predicted molar refractivity (Wildman–Crippen MR) is 71.5 cm³/mol. The Bertz CT molecular complexity index is 551. The van der Waals surface area contributed by atoms with E-state index in [0.29, 0.717) is 22.9 Å². The SMILES string of the molecule is CCn1ccnc1[C@@H](O)c1ccc(OC)cc1OC. The van der Waals surface area contributed by atoms with Gasteiger partial charge in [-0.1, -0.05) is 0 Å². The van der Waals surface area contributed by atoms with Crippen molar-refractivity contribution in [1.82, 2.24) is 9.55 Å². The molecule has 0 fully saturated rings. The molecule has 1 heterocycles. The van der Waals surface area contributed by atoms with E-state index in [2.05, 4.69) is 4.98 Å². The summed E-state index contributed by atoms with van der Waals surface area (Å²) >= 11 is 0. The Balaban J connectivity index is 2.41. The molecule has 5 nitrogen and oxygen atoms in total.